The maximum atomic E-state index is 12.8. The Hall–Kier alpha value is -0.900. The summed E-state index contributed by atoms with van der Waals surface area (Å²) in [4.78, 5) is 0. The molecule has 1 aromatic carbocycles. The number of aromatic hydroxyl groups is 1. The molecule has 0 spiro atoms. The van der Waals surface area contributed by atoms with Crippen molar-refractivity contribution in [3.05, 3.63) is 28.3 Å². The molecule has 0 saturated carbocycles. The van der Waals surface area contributed by atoms with Gasteiger partial charge < -0.3 is 5.11 Å². The molecule has 0 heterocycles. The van der Waals surface area contributed by atoms with Gasteiger partial charge in [0.25, 0.3) is 0 Å². The van der Waals surface area contributed by atoms with Crippen molar-refractivity contribution in [3.8, 4) is 5.75 Å². The molecule has 1 atom stereocenters. The predicted octanol–water partition coefficient (Wildman–Crippen LogP) is 4.58. The normalized spacial score (nSPS) is 13.9. The lowest BCUT2D eigenvalue weighted by atomic mass is 9.93. The first kappa shape index (κ1) is 13.2. The molecule has 0 saturated heterocycles. The number of halogens is 4. The van der Waals surface area contributed by atoms with Crippen LogP contribution in [0.4, 0.5) is 13.2 Å². The minimum atomic E-state index is -4.50. The van der Waals surface area contributed by atoms with Gasteiger partial charge in [0.1, 0.15) is 5.75 Å². The van der Waals surface area contributed by atoms with Crippen LogP contribution in [0.3, 0.4) is 0 Å². The summed E-state index contributed by atoms with van der Waals surface area (Å²) in [6, 6.07) is 2.04. The fourth-order valence-corrected chi connectivity index (χ4v) is 1.85. The number of rotatable bonds is 2. The molecule has 0 amide bonds. The molecular weight excluding hydrogens is 241 g/mol. The number of alkyl halides is 3. The van der Waals surface area contributed by atoms with Gasteiger partial charge in [-0.25, -0.2) is 0 Å². The molecule has 16 heavy (non-hydrogen) atoms. The highest BCUT2D eigenvalue weighted by Gasteiger charge is 2.37. The summed E-state index contributed by atoms with van der Waals surface area (Å²) in [6.45, 7) is 3.45. The second-order valence-electron chi connectivity index (χ2n) is 3.70. The quantitative estimate of drug-likeness (QED) is 0.817. The average molecular weight is 253 g/mol. The van der Waals surface area contributed by atoms with Crippen LogP contribution in [0.15, 0.2) is 12.1 Å². The average Bonchev–Trinajstić information content (AvgIpc) is 2.12. The Morgan fingerprint density at radius 2 is 1.94 bits per heavy atom. The molecule has 0 aliphatic heterocycles. The van der Waals surface area contributed by atoms with Crippen molar-refractivity contribution in [2.45, 2.75) is 32.4 Å². The SMILES string of the molecule is CCC(C)c1cc(O)cc(Cl)c1C(F)(F)F. The van der Waals surface area contributed by atoms with E-state index in [0.717, 1.165) is 12.1 Å². The Morgan fingerprint density at radius 1 is 1.38 bits per heavy atom. The van der Waals surface area contributed by atoms with Crippen LogP contribution >= 0.6 is 11.6 Å². The summed E-state index contributed by atoms with van der Waals surface area (Å²) in [5, 5.41) is 8.82. The van der Waals surface area contributed by atoms with Crippen molar-refractivity contribution < 1.29 is 18.3 Å². The maximum Gasteiger partial charge on any atom is 0.418 e. The van der Waals surface area contributed by atoms with Gasteiger partial charge in [-0.2, -0.15) is 13.2 Å². The fourth-order valence-electron chi connectivity index (χ4n) is 1.52. The molecule has 0 aromatic heterocycles. The Labute approximate surface area is 96.9 Å². The van der Waals surface area contributed by atoms with Crippen molar-refractivity contribution in [3.63, 3.8) is 0 Å². The van der Waals surface area contributed by atoms with Gasteiger partial charge in [-0.15, -0.1) is 0 Å². The van der Waals surface area contributed by atoms with Crippen LogP contribution in [0.25, 0.3) is 0 Å². The van der Waals surface area contributed by atoms with E-state index in [1.807, 2.05) is 0 Å². The lowest BCUT2D eigenvalue weighted by Gasteiger charge is -2.18. The lowest BCUT2D eigenvalue weighted by Crippen LogP contribution is -2.11. The van der Waals surface area contributed by atoms with Gasteiger partial charge >= 0.3 is 6.18 Å². The second-order valence-corrected chi connectivity index (χ2v) is 4.11. The predicted molar refractivity (Wildman–Crippen MR) is 56.8 cm³/mol. The van der Waals surface area contributed by atoms with Gasteiger partial charge in [0.05, 0.1) is 10.6 Å². The van der Waals surface area contributed by atoms with E-state index in [9.17, 15) is 18.3 Å². The molecule has 0 fully saturated rings. The zero-order valence-corrected chi connectivity index (χ0v) is 9.65. The smallest absolute Gasteiger partial charge is 0.418 e. The summed E-state index contributed by atoms with van der Waals surface area (Å²) >= 11 is 5.54. The van der Waals surface area contributed by atoms with Gasteiger partial charge in [0.2, 0.25) is 0 Å². The van der Waals surface area contributed by atoms with Crippen molar-refractivity contribution in [1.82, 2.24) is 0 Å². The monoisotopic (exact) mass is 252 g/mol. The van der Waals surface area contributed by atoms with Crippen molar-refractivity contribution in [1.29, 1.82) is 0 Å². The number of hydrogen-bond acceptors (Lipinski definition) is 1. The van der Waals surface area contributed by atoms with Gasteiger partial charge in [-0.3, -0.25) is 0 Å². The van der Waals surface area contributed by atoms with E-state index in [2.05, 4.69) is 0 Å². The second kappa shape index (κ2) is 4.53. The molecule has 1 N–H and O–H groups in total. The highest BCUT2D eigenvalue weighted by molar-refractivity contribution is 6.31. The third-order valence-corrected chi connectivity index (χ3v) is 2.83. The third kappa shape index (κ3) is 2.61. The third-order valence-electron chi connectivity index (χ3n) is 2.53. The first-order chi connectivity index (χ1) is 7.27. The fraction of sp³-hybridized carbons (Fsp3) is 0.455. The Bertz CT molecular complexity index is 388. The molecule has 0 aliphatic carbocycles. The van der Waals surface area contributed by atoms with Crippen molar-refractivity contribution in [2.75, 3.05) is 0 Å². The van der Waals surface area contributed by atoms with Crippen LogP contribution in [0, 0.1) is 0 Å². The van der Waals surface area contributed by atoms with Crippen LogP contribution in [-0.4, -0.2) is 5.11 Å². The minimum absolute atomic E-state index is 0.0417. The van der Waals surface area contributed by atoms with Crippen LogP contribution in [-0.2, 0) is 6.18 Å². The zero-order chi connectivity index (χ0) is 12.5. The Balaban J connectivity index is 3.44. The number of phenols is 1. The molecule has 90 valence electrons. The van der Waals surface area contributed by atoms with E-state index in [0.29, 0.717) is 6.42 Å². The van der Waals surface area contributed by atoms with E-state index in [-0.39, 0.29) is 17.2 Å². The minimum Gasteiger partial charge on any atom is -0.508 e. The molecular formula is C11H12ClF3O. The topological polar surface area (TPSA) is 20.2 Å². The molecule has 1 nitrogen and oxygen atoms in total. The summed E-state index contributed by atoms with van der Waals surface area (Å²) < 4.78 is 38.3. The molecule has 1 rings (SSSR count). The standard InChI is InChI=1S/C11H12ClF3O/c1-3-6(2)8-4-7(16)5-9(12)10(8)11(13,14)15/h4-6,16H,3H2,1-2H3. The first-order valence-corrected chi connectivity index (χ1v) is 5.24. The van der Waals surface area contributed by atoms with E-state index in [4.69, 9.17) is 11.6 Å². The zero-order valence-electron chi connectivity index (χ0n) is 8.90. The molecule has 5 heteroatoms. The van der Waals surface area contributed by atoms with Gasteiger partial charge in [-0.1, -0.05) is 25.4 Å². The summed E-state index contributed by atoms with van der Waals surface area (Å²) in [5.41, 5.74) is -0.804. The number of hydrogen-bond donors (Lipinski definition) is 1. The molecule has 1 aromatic rings. The summed E-state index contributed by atoms with van der Waals surface area (Å²) in [6.07, 6.45) is -3.95. The summed E-state index contributed by atoms with van der Waals surface area (Å²) in [5.74, 6) is -0.547. The van der Waals surface area contributed by atoms with Crippen molar-refractivity contribution >= 4 is 11.6 Å². The summed E-state index contributed by atoms with van der Waals surface area (Å²) in [7, 11) is 0. The first-order valence-electron chi connectivity index (χ1n) is 4.87. The number of benzene rings is 1. The van der Waals surface area contributed by atoms with E-state index in [1.54, 1.807) is 13.8 Å². The Kier molecular flexibility index (Phi) is 3.73. The Morgan fingerprint density at radius 3 is 2.38 bits per heavy atom. The van der Waals surface area contributed by atoms with Crippen LogP contribution < -0.4 is 0 Å². The van der Waals surface area contributed by atoms with E-state index < -0.39 is 16.8 Å². The van der Waals surface area contributed by atoms with Crippen LogP contribution in [0.5, 0.6) is 5.75 Å². The van der Waals surface area contributed by atoms with Gasteiger partial charge in [0.15, 0.2) is 0 Å². The molecule has 0 aliphatic rings. The highest BCUT2D eigenvalue weighted by atomic mass is 35.5. The van der Waals surface area contributed by atoms with Crippen LogP contribution in [0.2, 0.25) is 5.02 Å². The van der Waals surface area contributed by atoms with E-state index >= 15 is 0 Å². The highest BCUT2D eigenvalue weighted by Crippen LogP contribution is 2.42. The maximum absolute atomic E-state index is 12.8. The molecule has 0 bridgehead atoms. The lowest BCUT2D eigenvalue weighted by molar-refractivity contribution is -0.138. The largest absolute Gasteiger partial charge is 0.508 e. The number of phenolic OH excluding ortho intramolecular Hbond substituents is 1. The molecule has 0 radical (unpaired) electrons. The molecule has 1 unspecified atom stereocenters. The van der Waals surface area contributed by atoms with Gasteiger partial charge in [0, 0.05) is 0 Å². The van der Waals surface area contributed by atoms with Crippen molar-refractivity contribution in [2.24, 2.45) is 0 Å². The van der Waals surface area contributed by atoms with E-state index in [1.165, 1.54) is 0 Å². The van der Waals surface area contributed by atoms with Gasteiger partial charge in [-0.05, 0) is 30.0 Å². The van der Waals surface area contributed by atoms with Crippen LogP contribution in [0.1, 0.15) is 37.3 Å².